The standard InChI is InChI=1S/C15H13F3N2O2S/c16-15(17,18)9-2-1-3-11(6-9)22-7-13-20-12(8-23-13)14(21)19-10-4-5-10/h1-3,6,8,10H,4-5,7H2,(H,19,21). The number of carbonyl (C=O) groups excluding carboxylic acids is 1. The maximum absolute atomic E-state index is 12.6. The van der Waals surface area contributed by atoms with E-state index in [4.69, 9.17) is 4.74 Å². The van der Waals surface area contributed by atoms with E-state index in [9.17, 15) is 18.0 Å². The van der Waals surface area contributed by atoms with Crippen molar-refractivity contribution in [2.24, 2.45) is 0 Å². The molecule has 122 valence electrons. The number of amides is 1. The van der Waals surface area contributed by atoms with E-state index in [0.29, 0.717) is 10.7 Å². The predicted octanol–water partition coefficient (Wildman–Crippen LogP) is 3.63. The van der Waals surface area contributed by atoms with Gasteiger partial charge in [-0.2, -0.15) is 13.2 Å². The third-order valence-electron chi connectivity index (χ3n) is 3.22. The van der Waals surface area contributed by atoms with E-state index in [1.165, 1.54) is 23.5 Å². The van der Waals surface area contributed by atoms with Gasteiger partial charge in [0.25, 0.3) is 5.91 Å². The van der Waals surface area contributed by atoms with E-state index < -0.39 is 11.7 Å². The molecule has 1 aromatic heterocycles. The van der Waals surface area contributed by atoms with Crippen LogP contribution in [0.1, 0.15) is 33.9 Å². The van der Waals surface area contributed by atoms with Gasteiger partial charge in [-0.3, -0.25) is 4.79 Å². The zero-order chi connectivity index (χ0) is 16.4. The van der Waals surface area contributed by atoms with Crippen molar-refractivity contribution < 1.29 is 22.7 Å². The fourth-order valence-corrected chi connectivity index (χ4v) is 2.56. The summed E-state index contributed by atoms with van der Waals surface area (Å²) in [4.78, 5) is 15.9. The number of nitrogens with zero attached hydrogens (tertiary/aromatic N) is 1. The Kier molecular flexibility index (Phi) is 4.25. The van der Waals surface area contributed by atoms with Gasteiger partial charge in [-0.05, 0) is 31.0 Å². The van der Waals surface area contributed by atoms with Gasteiger partial charge in [0.2, 0.25) is 0 Å². The first-order valence-corrected chi connectivity index (χ1v) is 7.85. The number of halogens is 3. The molecule has 1 N–H and O–H groups in total. The Bertz CT molecular complexity index is 711. The number of alkyl halides is 3. The number of ether oxygens (including phenoxy) is 1. The van der Waals surface area contributed by atoms with Gasteiger partial charge in [0.05, 0.1) is 5.56 Å². The Morgan fingerprint density at radius 3 is 2.87 bits per heavy atom. The highest BCUT2D eigenvalue weighted by Crippen LogP contribution is 2.31. The SMILES string of the molecule is O=C(NC1CC1)c1csc(COc2cccc(C(F)(F)F)c2)n1. The maximum atomic E-state index is 12.6. The number of aromatic nitrogens is 1. The van der Waals surface area contributed by atoms with Gasteiger partial charge >= 0.3 is 6.18 Å². The van der Waals surface area contributed by atoms with Crippen LogP contribution in [0.15, 0.2) is 29.6 Å². The van der Waals surface area contributed by atoms with Gasteiger partial charge in [0.15, 0.2) is 0 Å². The lowest BCUT2D eigenvalue weighted by Gasteiger charge is -2.09. The average molecular weight is 342 g/mol. The summed E-state index contributed by atoms with van der Waals surface area (Å²) >= 11 is 1.24. The van der Waals surface area contributed by atoms with Crippen LogP contribution in [0.5, 0.6) is 5.75 Å². The number of hydrogen-bond acceptors (Lipinski definition) is 4. The van der Waals surface area contributed by atoms with Crippen LogP contribution >= 0.6 is 11.3 Å². The third-order valence-corrected chi connectivity index (χ3v) is 4.04. The summed E-state index contributed by atoms with van der Waals surface area (Å²) in [6.45, 7) is 0.0166. The Morgan fingerprint density at radius 1 is 1.39 bits per heavy atom. The summed E-state index contributed by atoms with van der Waals surface area (Å²) in [6, 6.07) is 4.90. The van der Waals surface area contributed by atoms with Crippen LogP contribution in [0.3, 0.4) is 0 Å². The summed E-state index contributed by atoms with van der Waals surface area (Å²) < 4.78 is 43.2. The largest absolute Gasteiger partial charge is 0.486 e. The lowest BCUT2D eigenvalue weighted by molar-refractivity contribution is -0.137. The predicted molar refractivity (Wildman–Crippen MR) is 78.4 cm³/mol. The minimum Gasteiger partial charge on any atom is -0.486 e. The van der Waals surface area contributed by atoms with Crippen LogP contribution in [-0.2, 0) is 12.8 Å². The summed E-state index contributed by atoms with van der Waals surface area (Å²) in [6.07, 6.45) is -2.43. The number of rotatable bonds is 5. The number of hydrogen-bond donors (Lipinski definition) is 1. The van der Waals surface area contributed by atoms with E-state index in [0.717, 1.165) is 25.0 Å². The molecule has 2 aromatic rings. The highest BCUT2D eigenvalue weighted by molar-refractivity contribution is 7.09. The molecule has 1 aromatic carbocycles. The Balaban J connectivity index is 1.60. The first-order chi connectivity index (χ1) is 10.9. The lowest BCUT2D eigenvalue weighted by Crippen LogP contribution is -2.25. The van der Waals surface area contributed by atoms with Crippen molar-refractivity contribution in [1.82, 2.24) is 10.3 Å². The normalized spacial score (nSPS) is 14.6. The number of nitrogens with one attached hydrogen (secondary N) is 1. The van der Waals surface area contributed by atoms with Gasteiger partial charge in [0, 0.05) is 11.4 Å². The van der Waals surface area contributed by atoms with Crippen LogP contribution in [0, 0.1) is 0 Å². The van der Waals surface area contributed by atoms with Crippen molar-refractivity contribution in [2.45, 2.75) is 31.7 Å². The second-order valence-electron chi connectivity index (χ2n) is 5.19. The molecule has 1 aliphatic carbocycles. The molecule has 0 aliphatic heterocycles. The lowest BCUT2D eigenvalue weighted by atomic mass is 10.2. The number of carbonyl (C=O) groups is 1. The Morgan fingerprint density at radius 2 is 2.17 bits per heavy atom. The zero-order valence-electron chi connectivity index (χ0n) is 11.9. The molecule has 0 radical (unpaired) electrons. The molecular weight excluding hydrogens is 329 g/mol. The number of benzene rings is 1. The van der Waals surface area contributed by atoms with Gasteiger partial charge in [-0.1, -0.05) is 6.07 Å². The summed E-state index contributed by atoms with van der Waals surface area (Å²) in [5.41, 5.74) is -0.455. The summed E-state index contributed by atoms with van der Waals surface area (Å²) in [5.74, 6) is -0.118. The van der Waals surface area contributed by atoms with Crippen molar-refractivity contribution >= 4 is 17.2 Å². The molecule has 3 rings (SSSR count). The molecule has 0 spiro atoms. The summed E-state index contributed by atoms with van der Waals surface area (Å²) in [7, 11) is 0. The highest BCUT2D eigenvalue weighted by atomic mass is 32.1. The van der Waals surface area contributed by atoms with Gasteiger partial charge in [-0.15, -0.1) is 11.3 Å². The van der Waals surface area contributed by atoms with Gasteiger partial charge < -0.3 is 10.1 Å². The molecule has 1 aliphatic rings. The molecule has 8 heteroatoms. The molecule has 0 bridgehead atoms. The van der Waals surface area contributed by atoms with Crippen molar-refractivity contribution in [3.8, 4) is 5.75 Å². The first kappa shape index (κ1) is 15.8. The van der Waals surface area contributed by atoms with E-state index in [-0.39, 0.29) is 24.3 Å². The third kappa shape index (κ3) is 4.22. The topological polar surface area (TPSA) is 51.2 Å². The Hall–Kier alpha value is -2.09. The molecule has 1 saturated carbocycles. The van der Waals surface area contributed by atoms with Crippen LogP contribution < -0.4 is 10.1 Å². The fraction of sp³-hybridized carbons (Fsp3) is 0.333. The van der Waals surface area contributed by atoms with Crippen molar-refractivity contribution in [2.75, 3.05) is 0 Å². The van der Waals surface area contributed by atoms with Crippen LogP contribution in [0.4, 0.5) is 13.2 Å². The van der Waals surface area contributed by atoms with Crippen molar-refractivity contribution in [3.63, 3.8) is 0 Å². The van der Waals surface area contributed by atoms with Crippen LogP contribution in [0.2, 0.25) is 0 Å². The second-order valence-corrected chi connectivity index (χ2v) is 6.13. The highest BCUT2D eigenvalue weighted by Gasteiger charge is 2.30. The minimum absolute atomic E-state index is 0.0166. The minimum atomic E-state index is -4.41. The zero-order valence-corrected chi connectivity index (χ0v) is 12.7. The number of thiazole rings is 1. The first-order valence-electron chi connectivity index (χ1n) is 6.97. The summed E-state index contributed by atoms with van der Waals surface area (Å²) in [5, 5.41) is 4.97. The maximum Gasteiger partial charge on any atom is 0.416 e. The molecular formula is C15H13F3N2O2S. The van der Waals surface area contributed by atoms with E-state index in [1.807, 2.05) is 0 Å². The van der Waals surface area contributed by atoms with Crippen LogP contribution in [0.25, 0.3) is 0 Å². The molecule has 1 amide bonds. The van der Waals surface area contributed by atoms with Crippen molar-refractivity contribution in [1.29, 1.82) is 0 Å². The van der Waals surface area contributed by atoms with E-state index >= 15 is 0 Å². The van der Waals surface area contributed by atoms with Crippen LogP contribution in [-0.4, -0.2) is 16.9 Å². The van der Waals surface area contributed by atoms with Crippen molar-refractivity contribution in [3.05, 3.63) is 45.9 Å². The quantitative estimate of drug-likeness (QED) is 0.903. The van der Waals surface area contributed by atoms with E-state index in [2.05, 4.69) is 10.3 Å². The fourth-order valence-electron chi connectivity index (χ4n) is 1.88. The molecule has 0 unspecified atom stereocenters. The smallest absolute Gasteiger partial charge is 0.416 e. The Labute approximate surface area is 134 Å². The van der Waals surface area contributed by atoms with Gasteiger partial charge in [0.1, 0.15) is 23.1 Å². The van der Waals surface area contributed by atoms with Gasteiger partial charge in [-0.25, -0.2) is 4.98 Å². The van der Waals surface area contributed by atoms with E-state index in [1.54, 1.807) is 5.38 Å². The molecule has 0 atom stereocenters. The molecule has 4 nitrogen and oxygen atoms in total. The molecule has 0 saturated heterocycles. The average Bonchev–Trinajstić information content (AvgIpc) is 3.18. The molecule has 1 heterocycles. The molecule has 1 fully saturated rings. The molecule has 23 heavy (non-hydrogen) atoms. The monoisotopic (exact) mass is 342 g/mol. The second kappa shape index (κ2) is 6.19.